The maximum Gasteiger partial charge on any atom is 0.232 e. The van der Waals surface area contributed by atoms with Gasteiger partial charge in [0.2, 0.25) is 10.0 Å². The molecule has 1 aromatic carbocycles. The molecule has 0 radical (unpaired) electrons. The van der Waals surface area contributed by atoms with Crippen molar-refractivity contribution in [2.24, 2.45) is 0 Å². The van der Waals surface area contributed by atoms with E-state index in [1.807, 2.05) is 41.5 Å². The number of anilines is 1. The van der Waals surface area contributed by atoms with Crippen molar-refractivity contribution >= 4 is 39.7 Å². The number of ether oxygens (including phenoxy) is 1. The minimum absolute atomic E-state index is 0. The third kappa shape index (κ3) is 5.44. The largest absolute Gasteiger partial charge is 0.505 e. The highest BCUT2D eigenvalue weighted by atomic mass is 35.5. The third-order valence-electron chi connectivity index (χ3n) is 6.26. The lowest BCUT2D eigenvalue weighted by atomic mass is 9.84. The van der Waals surface area contributed by atoms with Crippen LogP contribution in [0.1, 0.15) is 66.1 Å². The molecule has 0 aliphatic carbocycles. The number of phenols is 1. The van der Waals surface area contributed by atoms with E-state index in [0.29, 0.717) is 35.9 Å². The van der Waals surface area contributed by atoms with E-state index >= 15 is 0 Å². The molecule has 0 atom stereocenters. The van der Waals surface area contributed by atoms with E-state index in [2.05, 4.69) is 4.98 Å². The quantitative estimate of drug-likeness (QED) is 0.511. The van der Waals surface area contributed by atoms with E-state index < -0.39 is 15.4 Å². The van der Waals surface area contributed by atoms with Crippen LogP contribution in [0.15, 0.2) is 12.1 Å². The Morgan fingerprint density at radius 3 is 2.42 bits per heavy atom. The molecule has 1 aromatic heterocycles. The molecule has 3 rings (SSSR count). The van der Waals surface area contributed by atoms with E-state index in [1.165, 1.54) is 13.1 Å². The Balaban J connectivity index is 0.00000456. The summed E-state index contributed by atoms with van der Waals surface area (Å²) in [6.07, 6.45) is 1.04. The predicted molar refractivity (Wildman–Crippen MR) is 144 cm³/mol. The van der Waals surface area contributed by atoms with Crippen molar-refractivity contribution in [2.45, 2.75) is 53.5 Å². The SMILES string of the molecule is CCOc1c(C)nc2c(c1C)CN(CC(=O)c1cc(N(C)S(C)(=O)=O)c(O)c(C(C)(C)C)c1)C2=N.Cl. The molecule has 0 fully saturated rings. The van der Waals surface area contributed by atoms with E-state index in [1.54, 1.807) is 11.0 Å². The molecule has 0 spiro atoms. The molecule has 9 nitrogen and oxygen atoms in total. The molecule has 2 heterocycles. The number of carbonyl (C=O) groups excluding carboxylic acids is 1. The van der Waals surface area contributed by atoms with Crippen LogP contribution in [-0.4, -0.2) is 61.5 Å². The number of nitrogens with one attached hydrogen (secondary N) is 1. The second-order valence-corrected chi connectivity index (χ2v) is 11.9. The lowest BCUT2D eigenvalue weighted by Crippen LogP contribution is -2.31. The average Bonchev–Trinajstić information content (AvgIpc) is 3.04. The fourth-order valence-corrected chi connectivity index (χ4v) is 4.70. The van der Waals surface area contributed by atoms with Gasteiger partial charge in [0.15, 0.2) is 5.78 Å². The van der Waals surface area contributed by atoms with Crippen LogP contribution in [0, 0.1) is 19.3 Å². The molecule has 0 unspecified atom stereocenters. The standard InChI is InChI=1S/C25H34N4O5S.ClH/c1-9-34-23-14(2)17-12-29(24(26)21(17)27-15(23)3)13-20(30)16-10-18(25(4,5)6)22(31)19(11-16)28(7)35(8,32)33;/h10-11,26,31H,9,12-13H2,1-8H3;1H. The monoisotopic (exact) mass is 538 g/mol. The number of nitrogens with zero attached hydrogens (tertiary/aromatic N) is 3. The van der Waals surface area contributed by atoms with Gasteiger partial charge in [-0.1, -0.05) is 20.8 Å². The van der Waals surface area contributed by atoms with E-state index in [0.717, 1.165) is 21.7 Å². The van der Waals surface area contributed by atoms with Crippen molar-refractivity contribution in [1.82, 2.24) is 9.88 Å². The first kappa shape index (κ1) is 29.4. The second-order valence-electron chi connectivity index (χ2n) is 9.91. The molecule has 2 aromatic rings. The molecule has 0 amide bonds. The fourth-order valence-electron chi connectivity index (χ4n) is 4.21. The highest BCUT2D eigenvalue weighted by Crippen LogP contribution is 2.40. The maximum atomic E-state index is 13.4. The number of aryl methyl sites for hydroxylation is 1. The number of hydrogen-bond donors (Lipinski definition) is 2. The maximum absolute atomic E-state index is 13.4. The number of ketones is 1. The van der Waals surface area contributed by atoms with Crippen molar-refractivity contribution in [2.75, 3.05) is 30.8 Å². The van der Waals surface area contributed by atoms with Crippen LogP contribution >= 0.6 is 12.4 Å². The van der Waals surface area contributed by atoms with Crippen molar-refractivity contribution in [3.8, 4) is 11.5 Å². The van der Waals surface area contributed by atoms with Gasteiger partial charge < -0.3 is 14.7 Å². The van der Waals surface area contributed by atoms with Crippen molar-refractivity contribution < 1.29 is 23.1 Å². The summed E-state index contributed by atoms with van der Waals surface area (Å²) < 4.78 is 31.1. The Morgan fingerprint density at radius 2 is 1.89 bits per heavy atom. The number of rotatable bonds is 7. The summed E-state index contributed by atoms with van der Waals surface area (Å²) in [5.74, 6) is 0.387. The van der Waals surface area contributed by atoms with Crippen LogP contribution in [0.4, 0.5) is 5.69 Å². The van der Waals surface area contributed by atoms with E-state index in [9.17, 15) is 18.3 Å². The summed E-state index contributed by atoms with van der Waals surface area (Å²) >= 11 is 0. The van der Waals surface area contributed by atoms with Gasteiger partial charge in [0.25, 0.3) is 0 Å². The van der Waals surface area contributed by atoms with Gasteiger partial charge in [-0.15, -0.1) is 12.4 Å². The Bertz CT molecular complexity index is 1320. The summed E-state index contributed by atoms with van der Waals surface area (Å²) in [5, 5.41) is 19.5. The number of hydrogen-bond acceptors (Lipinski definition) is 7. The number of aromatic nitrogens is 1. The molecule has 0 bridgehead atoms. The summed E-state index contributed by atoms with van der Waals surface area (Å²) in [5.41, 5.74) is 3.22. The van der Waals surface area contributed by atoms with Crippen LogP contribution in [0.3, 0.4) is 0 Å². The normalized spacial score (nSPS) is 13.3. The molecule has 0 saturated heterocycles. The van der Waals surface area contributed by atoms with Gasteiger partial charge in [-0.2, -0.15) is 0 Å². The number of halogens is 1. The van der Waals surface area contributed by atoms with Gasteiger partial charge in [-0.25, -0.2) is 13.4 Å². The highest BCUT2D eigenvalue weighted by molar-refractivity contribution is 7.92. The second kappa shape index (κ2) is 10.3. The molecule has 198 valence electrons. The molecule has 11 heteroatoms. The molecular weight excluding hydrogens is 504 g/mol. The Kier molecular flexibility index (Phi) is 8.37. The van der Waals surface area contributed by atoms with Crippen LogP contribution < -0.4 is 9.04 Å². The smallest absolute Gasteiger partial charge is 0.232 e. The van der Waals surface area contributed by atoms with Crippen LogP contribution in [-0.2, 0) is 22.0 Å². The number of Topliss-reactive ketones (excluding diaryl/α,β-unsaturated/α-hetero) is 1. The van der Waals surface area contributed by atoms with Gasteiger partial charge in [-0.05, 0) is 38.3 Å². The molecule has 1 aliphatic heterocycles. The van der Waals surface area contributed by atoms with Crippen LogP contribution in [0.25, 0.3) is 0 Å². The minimum Gasteiger partial charge on any atom is -0.505 e. The molecule has 0 saturated carbocycles. The molecular formula is C25H35ClN4O5S. The van der Waals surface area contributed by atoms with Gasteiger partial charge in [0.05, 0.1) is 30.8 Å². The molecule has 1 aliphatic rings. The first-order chi connectivity index (χ1) is 16.1. The molecule has 36 heavy (non-hydrogen) atoms. The number of sulfonamides is 1. The van der Waals surface area contributed by atoms with Crippen molar-refractivity contribution in [3.63, 3.8) is 0 Å². The van der Waals surface area contributed by atoms with Crippen LogP contribution in [0.2, 0.25) is 0 Å². The number of fused-ring (bicyclic) bond motifs is 1. The zero-order chi connectivity index (χ0) is 26.5. The summed E-state index contributed by atoms with van der Waals surface area (Å²) in [6, 6.07) is 2.99. The van der Waals surface area contributed by atoms with Gasteiger partial charge in [0.1, 0.15) is 23.0 Å². The topological polar surface area (TPSA) is 124 Å². The summed E-state index contributed by atoms with van der Waals surface area (Å²) in [6.45, 7) is 12.1. The first-order valence-corrected chi connectivity index (χ1v) is 13.2. The van der Waals surface area contributed by atoms with E-state index in [4.69, 9.17) is 10.1 Å². The highest BCUT2D eigenvalue weighted by Gasteiger charge is 2.32. The lowest BCUT2D eigenvalue weighted by molar-refractivity contribution is 0.0962. The van der Waals surface area contributed by atoms with Crippen molar-refractivity contribution in [1.29, 1.82) is 5.41 Å². The fraction of sp³-hybridized carbons (Fsp3) is 0.480. The van der Waals surface area contributed by atoms with E-state index in [-0.39, 0.29) is 47.6 Å². The number of carbonyl (C=O) groups is 1. The number of amidine groups is 1. The molecule has 2 N–H and O–H groups in total. The first-order valence-electron chi connectivity index (χ1n) is 11.4. The van der Waals surface area contributed by atoms with Gasteiger partial charge in [-0.3, -0.25) is 14.5 Å². The minimum atomic E-state index is -3.67. The average molecular weight is 539 g/mol. The van der Waals surface area contributed by atoms with Crippen molar-refractivity contribution in [3.05, 3.63) is 45.8 Å². The summed E-state index contributed by atoms with van der Waals surface area (Å²) in [7, 11) is -2.33. The Morgan fingerprint density at radius 1 is 1.28 bits per heavy atom. The number of phenolic OH excluding ortho intramolecular Hbond substituents is 1. The van der Waals surface area contributed by atoms with Gasteiger partial charge >= 0.3 is 0 Å². The third-order valence-corrected chi connectivity index (χ3v) is 7.45. The zero-order valence-corrected chi connectivity index (χ0v) is 23.6. The Labute approximate surface area is 219 Å². The number of aromatic hydroxyl groups is 1. The predicted octanol–water partition coefficient (Wildman–Crippen LogP) is 3.94. The zero-order valence-electron chi connectivity index (χ0n) is 22.0. The summed E-state index contributed by atoms with van der Waals surface area (Å²) in [4.78, 5) is 19.6. The van der Waals surface area contributed by atoms with Gasteiger partial charge in [0, 0.05) is 35.8 Å². The number of pyridine rings is 1. The van der Waals surface area contributed by atoms with Crippen LogP contribution in [0.5, 0.6) is 11.5 Å². The Hall–Kier alpha value is -2.85. The number of benzene rings is 1. The lowest BCUT2D eigenvalue weighted by Gasteiger charge is -2.26.